The summed E-state index contributed by atoms with van der Waals surface area (Å²) in [5.74, 6) is -1.59. The summed E-state index contributed by atoms with van der Waals surface area (Å²) in [5.41, 5.74) is -1.29. The number of ketones is 3. The lowest BCUT2D eigenvalue weighted by Gasteiger charge is -2.12. The Balaban J connectivity index is 2.96. The molecule has 86 valence electrons. The lowest BCUT2D eigenvalue weighted by atomic mass is 9.94. The predicted molar refractivity (Wildman–Crippen MR) is 57.3 cm³/mol. The highest BCUT2D eigenvalue weighted by molar-refractivity contribution is 6.24. The third kappa shape index (κ3) is 1.54. The Bertz CT molecular complexity index is 652. The van der Waals surface area contributed by atoms with Gasteiger partial charge in [-0.05, 0) is 12.2 Å². The summed E-state index contributed by atoms with van der Waals surface area (Å²) in [6, 6.07) is 0. The highest BCUT2D eigenvalue weighted by atomic mass is 16.2. The third-order valence-electron chi connectivity index (χ3n) is 2.46. The van der Waals surface area contributed by atoms with Crippen LogP contribution in [0.2, 0.25) is 0 Å². The van der Waals surface area contributed by atoms with E-state index in [2.05, 4.69) is 5.10 Å². The third-order valence-corrected chi connectivity index (χ3v) is 2.46. The van der Waals surface area contributed by atoms with E-state index >= 15 is 0 Å². The van der Waals surface area contributed by atoms with Crippen LogP contribution in [0.3, 0.4) is 0 Å². The van der Waals surface area contributed by atoms with Gasteiger partial charge in [-0.15, -0.1) is 0 Å². The van der Waals surface area contributed by atoms with E-state index < -0.39 is 22.9 Å². The van der Waals surface area contributed by atoms with E-state index in [1.165, 1.54) is 14.0 Å². The molecular weight excluding hydrogens is 224 g/mol. The summed E-state index contributed by atoms with van der Waals surface area (Å²) in [5, 5.41) is 3.72. The van der Waals surface area contributed by atoms with Crippen molar-refractivity contribution in [1.82, 2.24) is 9.78 Å². The largest absolute Gasteiger partial charge is 0.293 e. The summed E-state index contributed by atoms with van der Waals surface area (Å²) >= 11 is 0. The second-order valence-electron chi connectivity index (χ2n) is 3.65. The number of nitrogens with zero attached hydrogens (tertiary/aromatic N) is 2. The number of aryl methyl sites for hydroxylation is 1. The Morgan fingerprint density at radius 3 is 2.18 bits per heavy atom. The van der Waals surface area contributed by atoms with Gasteiger partial charge in [0.15, 0.2) is 17.3 Å². The summed E-state index contributed by atoms with van der Waals surface area (Å²) in [4.78, 5) is 46.3. The van der Waals surface area contributed by atoms with Crippen LogP contribution in [-0.4, -0.2) is 27.1 Å². The molecule has 1 aromatic heterocycles. The fourth-order valence-electron chi connectivity index (χ4n) is 1.67. The van der Waals surface area contributed by atoms with Crippen LogP contribution in [0.5, 0.6) is 0 Å². The lowest BCUT2D eigenvalue weighted by Crippen LogP contribution is -2.33. The van der Waals surface area contributed by atoms with Crippen LogP contribution >= 0.6 is 0 Å². The molecule has 0 bridgehead atoms. The van der Waals surface area contributed by atoms with Crippen molar-refractivity contribution in [2.24, 2.45) is 7.05 Å². The molecule has 1 aromatic rings. The Morgan fingerprint density at radius 1 is 1.12 bits per heavy atom. The summed E-state index contributed by atoms with van der Waals surface area (Å²) in [6.45, 7) is 1.23. The molecule has 0 aromatic carbocycles. The fraction of sp³-hybridized carbons (Fsp3) is 0.182. The highest BCUT2D eigenvalue weighted by Crippen LogP contribution is 2.16. The fourth-order valence-corrected chi connectivity index (χ4v) is 1.67. The summed E-state index contributed by atoms with van der Waals surface area (Å²) in [7, 11) is 1.32. The van der Waals surface area contributed by atoms with E-state index in [-0.39, 0.29) is 16.8 Å². The Kier molecular flexibility index (Phi) is 2.35. The summed E-state index contributed by atoms with van der Waals surface area (Å²) < 4.78 is 0.889. The van der Waals surface area contributed by atoms with E-state index in [1.54, 1.807) is 0 Å². The number of allylic oxidation sites excluding steroid dienone is 2. The minimum Gasteiger partial charge on any atom is -0.293 e. The van der Waals surface area contributed by atoms with E-state index in [4.69, 9.17) is 0 Å². The van der Waals surface area contributed by atoms with Crippen LogP contribution in [-0.2, 0) is 7.05 Å². The van der Waals surface area contributed by atoms with Gasteiger partial charge in [-0.25, -0.2) is 4.68 Å². The zero-order chi connectivity index (χ0) is 12.7. The first kappa shape index (κ1) is 11.1. The maximum absolute atomic E-state index is 11.7. The standard InChI is InChI=1S/C11H8N2O4/c1-5(14)10-8-6(15)3-4-7(16)9(8)11(17)13(2)12-10/h3-4H,1-2H3. The Labute approximate surface area is 95.6 Å². The molecule has 0 spiro atoms. The number of fused-ring (bicyclic) bond motifs is 1. The summed E-state index contributed by atoms with van der Waals surface area (Å²) in [6.07, 6.45) is 2.06. The zero-order valence-corrected chi connectivity index (χ0v) is 9.18. The van der Waals surface area contributed by atoms with Gasteiger partial charge < -0.3 is 0 Å². The first-order valence-electron chi connectivity index (χ1n) is 4.82. The van der Waals surface area contributed by atoms with E-state index in [1.807, 2.05) is 0 Å². The number of carbonyl (C=O) groups excluding carboxylic acids is 3. The maximum Gasteiger partial charge on any atom is 0.278 e. The Morgan fingerprint density at radius 2 is 1.65 bits per heavy atom. The molecule has 0 radical (unpaired) electrons. The van der Waals surface area contributed by atoms with Crippen molar-refractivity contribution in [2.75, 3.05) is 0 Å². The molecule has 0 aliphatic heterocycles. The molecule has 0 amide bonds. The topological polar surface area (TPSA) is 86.1 Å². The molecule has 0 unspecified atom stereocenters. The molecule has 0 atom stereocenters. The first-order chi connectivity index (χ1) is 7.93. The second-order valence-corrected chi connectivity index (χ2v) is 3.65. The average Bonchev–Trinajstić information content (AvgIpc) is 2.26. The lowest BCUT2D eigenvalue weighted by molar-refractivity contribution is 0.0971. The zero-order valence-electron chi connectivity index (χ0n) is 9.18. The SMILES string of the molecule is CC(=O)c1nn(C)c(=O)c2c1C(=O)C=CC2=O. The second kappa shape index (κ2) is 3.58. The van der Waals surface area contributed by atoms with Crippen LogP contribution < -0.4 is 5.56 Å². The molecule has 1 aliphatic carbocycles. The van der Waals surface area contributed by atoms with E-state index in [0.29, 0.717) is 0 Å². The van der Waals surface area contributed by atoms with Gasteiger partial charge in [-0.3, -0.25) is 19.2 Å². The minimum atomic E-state index is -0.673. The van der Waals surface area contributed by atoms with Gasteiger partial charge in [0.05, 0.1) is 5.56 Å². The van der Waals surface area contributed by atoms with E-state index in [9.17, 15) is 19.2 Å². The van der Waals surface area contributed by atoms with Crippen molar-refractivity contribution in [1.29, 1.82) is 0 Å². The normalized spacial score (nSPS) is 13.8. The highest BCUT2D eigenvalue weighted by Gasteiger charge is 2.29. The van der Waals surface area contributed by atoms with Crippen molar-refractivity contribution in [3.05, 3.63) is 39.3 Å². The monoisotopic (exact) mass is 232 g/mol. The first-order valence-corrected chi connectivity index (χ1v) is 4.82. The van der Waals surface area contributed by atoms with Crippen LogP contribution in [0.4, 0.5) is 0 Å². The molecular formula is C11H8N2O4. The van der Waals surface area contributed by atoms with Crippen molar-refractivity contribution in [3.8, 4) is 0 Å². The molecule has 1 aliphatic rings. The molecule has 17 heavy (non-hydrogen) atoms. The van der Waals surface area contributed by atoms with Crippen molar-refractivity contribution >= 4 is 17.3 Å². The van der Waals surface area contributed by atoms with Crippen LogP contribution in [0.15, 0.2) is 16.9 Å². The molecule has 0 fully saturated rings. The van der Waals surface area contributed by atoms with Gasteiger partial charge in [0, 0.05) is 14.0 Å². The number of aromatic nitrogens is 2. The van der Waals surface area contributed by atoms with Crippen molar-refractivity contribution < 1.29 is 14.4 Å². The van der Waals surface area contributed by atoms with Crippen LogP contribution in [0.25, 0.3) is 0 Å². The van der Waals surface area contributed by atoms with Gasteiger partial charge in [-0.2, -0.15) is 5.10 Å². The smallest absolute Gasteiger partial charge is 0.278 e. The number of hydrogen-bond acceptors (Lipinski definition) is 5. The van der Waals surface area contributed by atoms with Crippen LogP contribution in [0.1, 0.15) is 38.1 Å². The van der Waals surface area contributed by atoms with Crippen molar-refractivity contribution in [2.45, 2.75) is 6.92 Å². The van der Waals surface area contributed by atoms with Crippen molar-refractivity contribution in [3.63, 3.8) is 0 Å². The van der Waals surface area contributed by atoms with Gasteiger partial charge in [-0.1, -0.05) is 0 Å². The number of hydrogen-bond donors (Lipinski definition) is 0. The molecule has 6 heteroatoms. The molecule has 1 heterocycles. The van der Waals surface area contributed by atoms with E-state index in [0.717, 1.165) is 16.8 Å². The molecule has 2 rings (SSSR count). The maximum atomic E-state index is 11.7. The number of Topliss-reactive ketones (excluding diaryl/α,β-unsaturated/α-hetero) is 1. The number of rotatable bonds is 1. The number of carbonyl (C=O) groups is 3. The molecule has 0 N–H and O–H groups in total. The quantitative estimate of drug-likeness (QED) is 0.632. The average molecular weight is 232 g/mol. The molecule has 0 saturated carbocycles. The molecule has 6 nitrogen and oxygen atoms in total. The van der Waals surface area contributed by atoms with Crippen LogP contribution in [0, 0.1) is 0 Å². The van der Waals surface area contributed by atoms with Gasteiger partial charge in [0.2, 0.25) is 0 Å². The predicted octanol–water partition coefficient (Wildman–Crippen LogP) is -0.0819. The Hall–Kier alpha value is -2.37. The van der Waals surface area contributed by atoms with Gasteiger partial charge >= 0.3 is 0 Å². The minimum absolute atomic E-state index is 0.148. The molecule has 0 saturated heterocycles. The van der Waals surface area contributed by atoms with Gasteiger partial charge in [0.25, 0.3) is 5.56 Å². The van der Waals surface area contributed by atoms with Gasteiger partial charge in [0.1, 0.15) is 11.3 Å².